The van der Waals surface area contributed by atoms with Gasteiger partial charge >= 0.3 is 0 Å². The molecule has 0 saturated carbocycles. The smallest absolute Gasteiger partial charge is 0.122 e. The van der Waals surface area contributed by atoms with E-state index < -0.39 is 0 Å². The Morgan fingerprint density at radius 2 is 2.18 bits per heavy atom. The summed E-state index contributed by atoms with van der Waals surface area (Å²) < 4.78 is 0.708. The van der Waals surface area contributed by atoms with Crippen LogP contribution in [0.5, 0.6) is 0 Å². The highest BCUT2D eigenvalue weighted by atomic mass is 32.1. The van der Waals surface area contributed by atoms with Crippen LogP contribution in [0.4, 0.5) is 0 Å². The fraction of sp³-hybridized carbons (Fsp3) is 0.500. The lowest BCUT2D eigenvalue weighted by Crippen LogP contribution is -1.98. The number of aromatic nitrogens is 2. The molecule has 0 saturated heterocycles. The Morgan fingerprint density at radius 1 is 1.55 bits per heavy atom. The second kappa shape index (κ2) is 3.13. The first-order chi connectivity index (χ1) is 5.11. The molecule has 0 aliphatic carbocycles. The van der Waals surface area contributed by atoms with Crippen molar-refractivity contribution >= 4 is 12.2 Å². The van der Waals surface area contributed by atoms with Crippen molar-refractivity contribution in [2.45, 2.75) is 26.7 Å². The van der Waals surface area contributed by atoms with Crippen molar-refractivity contribution in [1.82, 2.24) is 9.97 Å². The summed E-state index contributed by atoms with van der Waals surface area (Å²) in [5, 5.41) is 0. The van der Waals surface area contributed by atoms with Crippen molar-refractivity contribution in [3.63, 3.8) is 0 Å². The van der Waals surface area contributed by atoms with Gasteiger partial charge in [-0.1, -0.05) is 26.1 Å². The van der Waals surface area contributed by atoms with Crippen molar-refractivity contribution in [1.29, 1.82) is 0 Å². The summed E-state index contributed by atoms with van der Waals surface area (Å²) in [5.74, 6) is 0.463. The zero-order valence-corrected chi connectivity index (χ0v) is 7.83. The van der Waals surface area contributed by atoms with Gasteiger partial charge in [-0.15, -0.1) is 0 Å². The molecule has 0 spiro atoms. The summed E-state index contributed by atoms with van der Waals surface area (Å²) in [6, 6.07) is 0. The van der Waals surface area contributed by atoms with E-state index in [2.05, 4.69) is 23.8 Å². The molecule has 0 aromatic carbocycles. The Bertz CT molecular complexity index is 301. The third-order valence-corrected chi connectivity index (χ3v) is 1.81. The van der Waals surface area contributed by atoms with Crippen LogP contribution in [0, 0.1) is 11.6 Å². The first-order valence-electron chi connectivity index (χ1n) is 3.67. The van der Waals surface area contributed by atoms with Crippen LogP contribution in [0.1, 0.15) is 31.2 Å². The van der Waals surface area contributed by atoms with Gasteiger partial charge in [-0.25, -0.2) is 0 Å². The lowest BCUT2D eigenvalue weighted by atomic mass is 10.1. The molecule has 0 aliphatic heterocycles. The Labute approximate surface area is 71.7 Å². The van der Waals surface area contributed by atoms with Crippen molar-refractivity contribution in [2.24, 2.45) is 0 Å². The molecule has 0 unspecified atom stereocenters. The van der Waals surface area contributed by atoms with Gasteiger partial charge in [0, 0.05) is 5.69 Å². The predicted molar refractivity (Wildman–Crippen MR) is 48.2 cm³/mol. The average Bonchev–Trinajstić information content (AvgIpc) is 1.94. The largest absolute Gasteiger partial charge is 0.347 e. The van der Waals surface area contributed by atoms with E-state index in [1.807, 2.05) is 6.92 Å². The van der Waals surface area contributed by atoms with Crippen LogP contribution in [-0.4, -0.2) is 9.97 Å². The maximum Gasteiger partial charge on any atom is 0.122 e. The predicted octanol–water partition coefficient (Wildman–Crippen LogP) is 2.57. The van der Waals surface area contributed by atoms with Gasteiger partial charge in [0.2, 0.25) is 0 Å². The molecule has 0 radical (unpaired) electrons. The van der Waals surface area contributed by atoms with Crippen LogP contribution in [0.15, 0.2) is 6.20 Å². The number of nitrogens with one attached hydrogen (secondary N) is 1. The molecule has 1 rings (SSSR count). The fourth-order valence-corrected chi connectivity index (χ4v) is 1.21. The monoisotopic (exact) mass is 168 g/mol. The summed E-state index contributed by atoms with van der Waals surface area (Å²) in [7, 11) is 0. The van der Waals surface area contributed by atoms with Crippen LogP contribution < -0.4 is 0 Å². The molecule has 0 amide bonds. The maximum atomic E-state index is 4.96. The Morgan fingerprint density at radius 3 is 2.64 bits per heavy atom. The zero-order chi connectivity index (χ0) is 8.43. The second-order valence-electron chi connectivity index (χ2n) is 2.90. The first-order valence-corrected chi connectivity index (χ1v) is 4.08. The van der Waals surface area contributed by atoms with E-state index in [0.717, 1.165) is 11.4 Å². The number of nitrogens with zero attached hydrogens (tertiary/aromatic N) is 1. The zero-order valence-electron chi connectivity index (χ0n) is 7.01. The van der Waals surface area contributed by atoms with Gasteiger partial charge in [0.05, 0.1) is 11.9 Å². The van der Waals surface area contributed by atoms with Crippen LogP contribution in [0.3, 0.4) is 0 Å². The molecule has 0 aliphatic rings. The van der Waals surface area contributed by atoms with Crippen LogP contribution >= 0.6 is 12.2 Å². The van der Waals surface area contributed by atoms with Gasteiger partial charge in [0.25, 0.3) is 0 Å². The summed E-state index contributed by atoms with van der Waals surface area (Å²) in [4.78, 5) is 7.29. The summed E-state index contributed by atoms with van der Waals surface area (Å²) in [5.41, 5.74) is 2.17. The number of hydrogen-bond acceptors (Lipinski definition) is 2. The average molecular weight is 168 g/mol. The molecule has 0 atom stereocenters. The van der Waals surface area contributed by atoms with E-state index in [9.17, 15) is 0 Å². The SMILES string of the molecule is Cc1ncc(=S)[nH]c1C(C)C. The Hall–Kier alpha value is -0.700. The molecular formula is C8H12N2S. The summed E-state index contributed by atoms with van der Waals surface area (Å²) in [6.45, 7) is 6.23. The fourth-order valence-electron chi connectivity index (χ4n) is 1.04. The molecule has 1 heterocycles. The number of hydrogen-bond donors (Lipinski definition) is 1. The lowest BCUT2D eigenvalue weighted by Gasteiger charge is -2.07. The standard InChI is InChI=1S/C8H12N2S/c1-5(2)8-6(3)9-4-7(11)10-8/h4-5H,1-3H3,(H,10,11). The van der Waals surface area contributed by atoms with Crippen molar-refractivity contribution < 1.29 is 0 Å². The Balaban J connectivity index is 3.23. The molecule has 1 aromatic heterocycles. The van der Waals surface area contributed by atoms with E-state index in [0.29, 0.717) is 10.6 Å². The van der Waals surface area contributed by atoms with Gasteiger partial charge in [-0.2, -0.15) is 0 Å². The van der Waals surface area contributed by atoms with E-state index in [4.69, 9.17) is 12.2 Å². The van der Waals surface area contributed by atoms with E-state index in [-0.39, 0.29) is 0 Å². The molecular weight excluding hydrogens is 156 g/mol. The highest BCUT2D eigenvalue weighted by Gasteiger charge is 2.02. The lowest BCUT2D eigenvalue weighted by molar-refractivity contribution is 0.792. The molecule has 1 N–H and O–H groups in total. The van der Waals surface area contributed by atoms with Gasteiger partial charge < -0.3 is 4.98 Å². The molecule has 2 nitrogen and oxygen atoms in total. The number of H-pyrrole nitrogens is 1. The minimum Gasteiger partial charge on any atom is -0.347 e. The molecule has 3 heteroatoms. The van der Waals surface area contributed by atoms with Crippen LogP contribution in [0.25, 0.3) is 0 Å². The quantitative estimate of drug-likeness (QED) is 0.653. The topological polar surface area (TPSA) is 28.7 Å². The van der Waals surface area contributed by atoms with Crippen LogP contribution in [0.2, 0.25) is 0 Å². The first kappa shape index (κ1) is 8.40. The van der Waals surface area contributed by atoms with Crippen molar-refractivity contribution in [3.8, 4) is 0 Å². The minimum atomic E-state index is 0.463. The van der Waals surface area contributed by atoms with Gasteiger partial charge in [-0.05, 0) is 12.8 Å². The number of aromatic amines is 1. The highest BCUT2D eigenvalue weighted by molar-refractivity contribution is 7.71. The molecule has 60 valence electrons. The van der Waals surface area contributed by atoms with Crippen LogP contribution in [-0.2, 0) is 0 Å². The van der Waals surface area contributed by atoms with Crippen molar-refractivity contribution in [2.75, 3.05) is 0 Å². The summed E-state index contributed by atoms with van der Waals surface area (Å²) in [6.07, 6.45) is 1.68. The number of aryl methyl sites for hydroxylation is 1. The van der Waals surface area contributed by atoms with E-state index in [1.54, 1.807) is 6.20 Å². The van der Waals surface area contributed by atoms with Crippen molar-refractivity contribution in [3.05, 3.63) is 22.2 Å². The second-order valence-corrected chi connectivity index (χ2v) is 3.34. The molecule has 1 aromatic rings. The molecule has 11 heavy (non-hydrogen) atoms. The third kappa shape index (κ3) is 1.87. The normalized spacial score (nSPS) is 10.5. The van der Waals surface area contributed by atoms with Gasteiger partial charge in [-0.3, -0.25) is 4.98 Å². The molecule has 0 fully saturated rings. The summed E-state index contributed by atoms with van der Waals surface area (Å²) >= 11 is 4.96. The Kier molecular flexibility index (Phi) is 2.39. The van der Waals surface area contributed by atoms with Gasteiger partial charge in [0.15, 0.2) is 0 Å². The van der Waals surface area contributed by atoms with E-state index in [1.165, 1.54) is 0 Å². The highest BCUT2D eigenvalue weighted by Crippen LogP contribution is 2.13. The third-order valence-electron chi connectivity index (χ3n) is 1.60. The molecule has 0 bridgehead atoms. The maximum absolute atomic E-state index is 4.96. The number of rotatable bonds is 1. The van der Waals surface area contributed by atoms with Gasteiger partial charge in [0.1, 0.15) is 4.64 Å². The van der Waals surface area contributed by atoms with E-state index >= 15 is 0 Å². The minimum absolute atomic E-state index is 0.463.